The van der Waals surface area contributed by atoms with Crippen LogP contribution in [-0.2, 0) is 0 Å². The number of pyridine rings is 1. The van der Waals surface area contributed by atoms with Crippen molar-refractivity contribution >= 4 is 27.4 Å². The molecule has 0 aliphatic carbocycles. The lowest BCUT2D eigenvalue weighted by Gasteiger charge is -2.03. The molecular weight excluding hydrogens is 327 g/mol. The van der Waals surface area contributed by atoms with Gasteiger partial charge < -0.3 is 5.11 Å². The van der Waals surface area contributed by atoms with Crippen LogP contribution in [0.4, 0.5) is 4.39 Å². The molecule has 0 spiro atoms. The number of aromatic carboxylic acids is 1. The van der Waals surface area contributed by atoms with Crippen molar-refractivity contribution < 1.29 is 14.3 Å². The first-order chi connectivity index (χ1) is 9.58. The Bertz CT molecular complexity index is 829. The third kappa shape index (κ3) is 1.98. The second-order valence-electron chi connectivity index (χ2n) is 4.17. The fourth-order valence-corrected chi connectivity index (χ4v) is 2.42. The minimum Gasteiger partial charge on any atom is -0.476 e. The van der Waals surface area contributed by atoms with E-state index in [9.17, 15) is 14.3 Å². The molecule has 0 atom stereocenters. The number of rotatable bonds is 2. The number of carboxylic acids is 1. The first-order valence-electron chi connectivity index (χ1n) is 5.74. The minimum absolute atomic E-state index is 0.0972. The van der Waals surface area contributed by atoms with Gasteiger partial charge in [-0.1, -0.05) is 22.0 Å². The summed E-state index contributed by atoms with van der Waals surface area (Å²) in [5.41, 5.74) is 0.572. The molecule has 0 radical (unpaired) electrons. The Balaban J connectivity index is 2.37. The fourth-order valence-electron chi connectivity index (χ4n) is 2.05. The maximum absolute atomic E-state index is 14.0. The van der Waals surface area contributed by atoms with Gasteiger partial charge in [-0.15, -0.1) is 0 Å². The lowest BCUT2D eigenvalue weighted by molar-refractivity contribution is 0.0693. The number of halogens is 2. The first kappa shape index (κ1) is 12.8. The number of imidazole rings is 1. The predicted octanol–water partition coefficient (Wildman–Crippen LogP) is 3.60. The Morgan fingerprint density at radius 3 is 2.85 bits per heavy atom. The van der Waals surface area contributed by atoms with Crippen LogP contribution in [0.1, 0.15) is 10.5 Å². The van der Waals surface area contributed by atoms with Gasteiger partial charge in [-0.3, -0.25) is 4.40 Å². The van der Waals surface area contributed by atoms with Crippen molar-refractivity contribution in [2.24, 2.45) is 0 Å². The van der Waals surface area contributed by atoms with Gasteiger partial charge in [-0.25, -0.2) is 14.2 Å². The molecule has 100 valence electrons. The van der Waals surface area contributed by atoms with Gasteiger partial charge in [0.15, 0.2) is 5.69 Å². The number of benzene rings is 1. The number of carbonyl (C=O) groups is 1. The van der Waals surface area contributed by atoms with Gasteiger partial charge in [0.2, 0.25) is 0 Å². The van der Waals surface area contributed by atoms with Gasteiger partial charge >= 0.3 is 5.97 Å². The quantitative estimate of drug-likeness (QED) is 0.779. The summed E-state index contributed by atoms with van der Waals surface area (Å²) in [6.45, 7) is 0. The van der Waals surface area contributed by atoms with Crippen LogP contribution in [0.15, 0.2) is 47.1 Å². The predicted molar refractivity (Wildman–Crippen MR) is 75.2 cm³/mol. The molecule has 0 aliphatic rings. The van der Waals surface area contributed by atoms with E-state index in [1.165, 1.54) is 6.07 Å². The third-order valence-electron chi connectivity index (χ3n) is 2.92. The lowest BCUT2D eigenvalue weighted by atomic mass is 10.2. The highest BCUT2D eigenvalue weighted by Crippen LogP contribution is 2.27. The number of hydrogen-bond donors (Lipinski definition) is 1. The number of nitrogens with zero attached hydrogens (tertiary/aromatic N) is 2. The van der Waals surface area contributed by atoms with Crippen molar-refractivity contribution in [1.82, 2.24) is 9.38 Å². The largest absolute Gasteiger partial charge is 0.476 e. The average molecular weight is 335 g/mol. The molecule has 1 aromatic carbocycles. The van der Waals surface area contributed by atoms with Crippen LogP contribution in [0.3, 0.4) is 0 Å². The highest BCUT2D eigenvalue weighted by atomic mass is 79.9. The van der Waals surface area contributed by atoms with Crippen LogP contribution >= 0.6 is 15.9 Å². The van der Waals surface area contributed by atoms with Crippen molar-refractivity contribution in [2.75, 3.05) is 0 Å². The van der Waals surface area contributed by atoms with E-state index in [1.54, 1.807) is 40.9 Å². The zero-order chi connectivity index (χ0) is 14.3. The van der Waals surface area contributed by atoms with E-state index >= 15 is 0 Å². The Kier molecular flexibility index (Phi) is 3.02. The zero-order valence-electron chi connectivity index (χ0n) is 10.0. The van der Waals surface area contributed by atoms with Crippen molar-refractivity contribution in [3.05, 3.63) is 58.6 Å². The standard InChI is InChI=1S/C14H8BrFN2O2/c15-8-4-5-10(16)9(7-8)13-17-12(14(19)20)11-3-1-2-6-18(11)13/h1-7H,(H,19,20). The summed E-state index contributed by atoms with van der Waals surface area (Å²) in [7, 11) is 0. The first-order valence-corrected chi connectivity index (χ1v) is 6.53. The van der Waals surface area contributed by atoms with E-state index < -0.39 is 11.8 Å². The highest BCUT2D eigenvalue weighted by molar-refractivity contribution is 9.10. The molecule has 4 nitrogen and oxygen atoms in total. The Labute approximate surface area is 121 Å². The smallest absolute Gasteiger partial charge is 0.356 e. The summed E-state index contributed by atoms with van der Waals surface area (Å²) in [5, 5.41) is 9.19. The van der Waals surface area contributed by atoms with Gasteiger partial charge in [-0.05, 0) is 30.3 Å². The maximum atomic E-state index is 14.0. The second-order valence-corrected chi connectivity index (χ2v) is 5.08. The highest BCUT2D eigenvalue weighted by Gasteiger charge is 2.19. The number of fused-ring (bicyclic) bond motifs is 1. The van der Waals surface area contributed by atoms with E-state index in [0.717, 1.165) is 0 Å². The molecule has 0 saturated carbocycles. The number of aromatic nitrogens is 2. The summed E-state index contributed by atoms with van der Waals surface area (Å²) in [4.78, 5) is 15.3. The molecule has 3 rings (SSSR count). The average Bonchev–Trinajstić information content (AvgIpc) is 2.81. The molecule has 0 unspecified atom stereocenters. The summed E-state index contributed by atoms with van der Waals surface area (Å²) >= 11 is 3.27. The molecule has 2 heterocycles. The Morgan fingerprint density at radius 2 is 2.10 bits per heavy atom. The normalized spacial score (nSPS) is 10.9. The molecule has 6 heteroatoms. The van der Waals surface area contributed by atoms with Crippen molar-refractivity contribution in [3.8, 4) is 11.4 Å². The van der Waals surface area contributed by atoms with Crippen LogP contribution in [-0.4, -0.2) is 20.5 Å². The zero-order valence-corrected chi connectivity index (χ0v) is 11.6. The van der Waals surface area contributed by atoms with E-state index in [-0.39, 0.29) is 17.1 Å². The van der Waals surface area contributed by atoms with Crippen LogP contribution in [0, 0.1) is 5.82 Å². The van der Waals surface area contributed by atoms with Gasteiger partial charge in [0.05, 0.1) is 11.1 Å². The molecule has 0 aliphatic heterocycles. The monoisotopic (exact) mass is 334 g/mol. The topological polar surface area (TPSA) is 54.6 Å². The van der Waals surface area contributed by atoms with E-state index in [4.69, 9.17) is 0 Å². The molecular formula is C14H8BrFN2O2. The third-order valence-corrected chi connectivity index (χ3v) is 3.41. The summed E-state index contributed by atoms with van der Waals surface area (Å²) in [5.74, 6) is -1.34. The molecule has 20 heavy (non-hydrogen) atoms. The minimum atomic E-state index is -1.14. The molecule has 3 aromatic rings. The molecule has 2 aromatic heterocycles. The molecule has 0 amide bonds. The summed E-state index contributed by atoms with van der Waals surface area (Å²) in [6.07, 6.45) is 1.66. The van der Waals surface area contributed by atoms with Crippen molar-refractivity contribution in [1.29, 1.82) is 0 Å². The summed E-state index contributed by atoms with van der Waals surface area (Å²) < 4.78 is 16.2. The van der Waals surface area contributed by atoms with Crippen LogP contribution < -0.4 is 0 Å². The van der Waals surface area contributed by atoms with Crippen molar-refractivity contribution in [3.63, 3.8) is 0 Å². The summed E-state index contributed by atoms with van der Waals surface area (Å²) in [6, 6.07) is 9.54. The van der Waals surface area contributed by atoms with E-state index in [1.807, 2.05) is 0 Å². The lowest BCUT2D eigenvalue weighted by Crippen LogP contribution is -1.97. The van der Waals surface area contributed by atoms with Gasteiger partial charge in [0.25, 0.3) is 0 Å². The number of carboxylic acid groups (broad SMARTS) is 1. The molecule has 0 saturated heterocycles. The molecule has 1 N–H and O–H groups in total. The van der Waals surface area contributed by atoms with Gasteiger partial charge in [0, 0.05) is 10.7 Å². The Hall–Kier alpha value is -2.21. The second kappa shape index (κ2) is 4.72. The van der Waals surface area contributed by atoms with E-state index in [2.05, 4.69) is 20.9 Å². The maximum Gasteiger partial charge on any atom is 0.356 e. The fraction of sp³-hybridized carbons (Fsp3) is 0. The molecule has 0 fully saturated rings. The van der Waals surface area contributed by atoms with Crippen LogP contribution in [0.2, 0.25) is 0 Å². The number of hydrogen-bond acceptors (Lipinski definition) is 2. The van der Waals surface area contributed by atoms with Crippen LogP contribution in [0.5, 0.6) is 0 Å². The van der Waals surface area contributed by atoms with Crippen molar-refractivity contribution in [2.45, 2.75) is 0 Å². The van der Waals surface area contributed by atoms with Gasteiger partial charge in [-0.2, -0.15) is 0 Å². The van der Waals surface area contributed by atoms with Gasteiger partial charge in [0.1, 0.15) is 11.6 Å². The Morgan fingerprint density at radius 1 is 1.30 bits per heavy atom. The SMILES string of the molecule is O=C(O)c1nc(-c2cc(Br)ccc2F)n2ccccc12. The van der Waals surface area contributed by atoms with Crippen LogP contribution in [0.25, 0.3) is 16.9 Å². The van der Waals surface area contributed by atoms with E-state index in [0.29, 0.717) is 9.99 Å². The molecule has 0 bridgehead atoms.